The summed E-state index contributed by atoms with van der Waals surface area (Å²) in [6.07, 6.45) is 1.86. The molecule has 3 aromatic rings. The molecule has 0 bridgehead atoms. The van der Waals surface area contributed by atoms with Crippen LogP contribution in [0.1, 0.15) is 5.69 Å². The second-order valence-corrected chi connectivity index (χ2v) is 4.25. The van der Waals surface area contributed by atoms with Gasteiger partial charge in [-0.15, -0.1) is 0 Å². The van der Waals surface area contributed by atoms with Crippen LogP contribution in [0.25, 0.3) is 21.9 Å². The van der Waals surface area contributed by atoms with E-state index in [0.717, 1.165) is 5.69 Å². The van der Waals surface area contributed by atoms with Gasteiger partial charge in [0.05, 0.1) is 0 Å². The van der Waals surface area contributed by atoms with Gasteiger partial charge < -0.3 is 0 Å². The molecule has 0 N–H and O–H groups in total. The number of benzene rings is 2. The van der Waals surface area contributed by atoms with Gasteiger partial charge in [0.25, 0.3) is 0 Å². The molecule has 1 aromatic heterocycles. The van der Waals surface area contributed by atoms with Crippen LogP contribution in [-0.4, -0.2) is 4.98 Å². The van der Waals surface area contributed by atoms with Crippen molar-refractivity contribution in [2.45, 2.75) is 6.92 Å². The molecular formula is C16H13N. The predicted molar refractivity (Wildman–Crippen MR) is 71.9 cm³/mol. The van der Waals surface area contributed by atoms with Crippen LogP contribution in [0.2, 0.25) is 0 Å². The number of hydrogen-bond donors (Lipinski definition) is 0. The van der Waals surface area contributed by atoms with Gasteiger partial charge in [-0.1, -0.05) is 36.4 Å². The highest BCUT2D eigenvalue weighted by Crippen LogP contribution is 2.24. The molecule has 0 aliphatic heterocycles. The number of pyridine rings is 1. The minimum absolute atomic E-state index is 1.05. The number of hydrogen-bond acceptors (Lipinski definition) is 1. The first-order chi connectivity index (χ1) is 8.33. The minimum Gasteiger partial charge on any atom is -0.262 e. The van der Waals surface area contributed by atoms with Crippen molar-refractivity contribution in [3.63, 3.8) is 0 Å². The summed E-state index contributed by atoms with van der Waals surface area (Å²) in [6, 6.07) is 19.1. The van der Waals surface area contributed by atoms with Crippen LogP contribution in [0, 0.1) is 6.92 Å². The van der Waals surface area contributed by atoms with Gasteiger partial charge in [0.1, 0.15) is 0 Å². The first-order valence-corrected chi connectivity index (χ1v) is 5.75. The average Bonchev–Trinajstić information content (AvgIpc) is 2.38. The number of aromatic nitrogens is 1. The van der Waals surface area contributed by atoms with E-state index >= 15 is 0 Å². The van der Waals surface area contributed by atoms with Gasteiger partial charge in [-0.05, 0) is 47.0 Å². The van der Waals surface area contributed by atoms with Gasteiger partial charge in [-0.3, -0.25) is 4.98 Å². The first-order valence-electron chi connectivity index (χ1n) is 5.75. The summed E-state index contributed by atoms with van der Waals surface area (Å²) in [4.78, 5) is 4.23. The maximum absolute atomic E-state index is 4.23. The Bertz CT molecular complexity index is 671. The van der Waals surface area contributed by atoms with Crippen molar-refractivity contribution in [3.8, 4) is 11.1 Å². The standard InChI is InChI=1S/C16H13N/c1-12-10-16(8-9-17-12)15-7-6-13-4-2-3-5-14(13)11-15/h2-11H,1H3. The Balaban J connectivity index is 2.18. The van der Waals surface area contributed by atoms with Crippen molar-refractivity contribution in [2.24, 2.45) is 0 Å². The highest BCUT2D eigenvalue weighted by atomic mass is 14.6. The Hall–Kier alpha value is -2.15. The maximum Gasteiger partial charge on any atom is 0.0378 e. The number of fused-ring (bicyclic) bond motifs is 1. The van der Waals surface area contributed by atoms with E-state index in [9.17, 15) is 0 Å². The zero-order valence-corrected chi connectivity index (χ0v) is 9.72. The molecule has 0 saturated carbocycles. The van der Waals surface area contributed by atoms with Crippen LogP contribution in [-0.2, 0) is 0 Å². The van der Waals surface area contributed by atoms with Crippen molar-refractivity contribution < 1.29 is 0 Å². The normalized spacial score (nSPS) is 10.6. The lowest BCUT2D eigenvalue weighted by Crippen LogP contribution is -1.83. The van der Waals surface area contributed by atoms with Crippen LogP contribution >= 0.6 is 0 Å². The summed E-state index contributed by atoms with van der Waals surface area (Å²) in [5.41, 5.74) is 3.52. The highest BCUT2D eigenvalue weighted by Gasteiger charge is 1.99. The van der Waals surface area contributed by atoms with Gasteiger partial charge in [0.2, 0.25) is 0 Å². The van der Waals surface area contributed by atoms with Crippen LogP contribution in [0.5, 0.6) is 0 Å². The molecule has 82 valence electrons. The zero-order chi connectivity index (χ0) is 11.7. The molecule has 0 amide bonds. The third-order valence-corrected chi connectivity index (χ3v) is 2.98. The van der Waals surface area contributed by atoms with Crippen molar-refractivity contribution in [1.82, 2.24) is 4.98 Å². The minimum atomic E-state index is 1.05. The molecule has 0 fully saturated rings. The monoisotopic (exact) mass is 219 g/mol. The lowest BCUT2D eigenvalue weighted by Gasteiger charge is -2.04. The fourth-order valence-electron chi connectivity index (χ4n) is 2.09. The van der Waals surface area contributed by atoms with Gasteiger partial charge >= 0.3 is 0 Å². The molecule has 3 rings (SSSR count). The lowest BCUT2D eigenvalue weighted by atomic mass is 10.0. The summed E-state index contributed by atoms with van der Waals surface area (Å²) in [7, 11) is 0. The molecule has 0 unspecified atom stereocenters. The molecule has 0 aliphatic rings. The fourth-order valence-corrected chi connectivity index (χ4v) is 2.09. The summed E-state index contributed by atoms with van der Waals surface area (Å²) in [5.74, 6) is 0. The molecule has 0 saturated heterocycles. The van der Waals surface area contributed by atoms with E-state index in [1.807, 2.05) is 13.1 Å². The molecule has 1 heterocycles. The van der Waals surface area contributed by atoms with E-state index in [1.165, 1.54) is 21.9 Å². The highest BCUT2D eigenvalue weighted by molar-refractivity contribution is 5.87. The zero-order valence-electron chi connectivity index (χ0n) is 9.72. The second-order valence-electron chi connectivity index (χ2n) is 4.25. The summed E-state index contributed by atoms with van der Waals surface area (Å²) in [6.45, 7) is 2.02. The largest absolute Gasteiger partial charge is 0.262 e. The third kappa shape index (κ3) is 1.92. The van der Waals surface area contributed by atoms with E-state index < -0.39 is 0 Å². The Morgan fingerprint density at radius 1 is 0.765 bits per heavy atom. The summed E-state index contributed by atoms with van der Waals surface area (Å²) < 4.78 is 0. The van der Waals surface area contributed by atoms with E-state index in [4.69, 9.17) is 0 Å². The van der Waals surface area contributed by atoms with Gasteiger partial charge in [0, 0.05) is 11.9 Å². The molecule has 1 nitrogen and oxygen atoms in total. The number of nitrogens with zero attached hydrogens (tertiary/aromatic N) is 1. The Morgan fingerprint density at radius 2 is 1.53 bits per heavy atom. The SMILES string of the molecule is Cc1cc(-c2ccc3ccccc3c2)ccn1. The molecule has 0 radical (unpaired) electrons. The summed E-state index contributed by atoms with van der Waals surface area (Å²) >= 11 is 0. The van der Waals surface area contributed by atoms with E-state index in [1.54, 1.807) is 0 Å². The summed E-state index contributed by atoms with van der Waals surface area (Å²) in [5, 5.41) is 2.56. The maximum atomic E-state index is 4.23. The smallest absolute Gasteiger partial charge is 0.0378 e. The average molecular weight is 219 g/mol. The van der Waals surface area contributed by atoms with Crippen molar-refractivity contribution >= 4 is 10.8 Å². The van der Waals surface area contributed by atoms with Crippen LogP contribution in [0.15, 0.2) is 60.8 Å². The van der Waals surface area contributed by atoms with E-state index in [-0.39, 0.29) is 0 Å². The first kappa shape index (κ1) is 10.0. The molecule has 1 heteroatoms. The third-order valence-electron chi connectivity index (χ3n) is 2.98. The van der Waals surface area contributed by atoms with Crippen LogP contribution in [0.3, 0.4) is 0 Å². The van der Waals surface area contributed by atoms with E-state index in [0.29, 0.717) is 0 Å². The Kier molecular flexibility index (Phi) is 2.37. The lowest BCUT2D eigenvalue weighted by molar-refractivity contribution is 1.20. The molecule has 0 aliphatic carbocycles. The number of rotatable bonds is 1. The van der Waals surface area contributed by atoms with Crippen molar-refractivity contribution in [2.75, 3.05) is 0 Å². The Labute approximate surface area is 101 Å². The molecular weight excluding hydrogens is 206 g/mol. The predicted octanol–water partition coefficient (Wildman–Crippen LogP) is 4.21. The fraction of sp³-hybridized carbons (Fsp3) is 0.0625. The molecule has 17 heavy (non-hydrogen) atoms. The second kappa shape index (κ2) is 4.02. The topological polar surface area (TPSA) is 12.9 Å². The van der Waals surface area contributed by atoms with Crippen molar-refractivity contribution in [3.05, 3.63) is 66.5 Å². The van der Waals surface area contributed by atoms with Crippen LogP contribution in [0.4, 0.5) is 0 Å². The van der Waals surface area contributed by atoms with Crippen molar-refractivity contribution in [1.29, 1.82) is 0 Å². The number of aryl methyl sites for hydroxylation is 1. The molecule has 2 aromatic carbocycles. The van der Waals surface area contributed by atoms with Gasteiger partial charge in [-0.2, -0.15) is 0 Å². The van der Waals surface area contributed by atoms with Gasteiger partial charge in [0.15, 0.2) is 0 Å². The molecule has 0 spiro atoms. The van der Waals surface area contributed by atoms with Gasteiger partial charge in [-0.25, -0.2) is 0 Å². The van der Waals surface area contributed by atoms with E-state index in [2.05, 4.69) is 59.6 Å². The molecule has 0 atom stereocenters. The quantitative estimate of drug-likeness (QED) is 0.597. The Morgan fingerprint density at radius 3 is 2.35 bits per heavy atom. The van der Waals surface area contributed by atoms with Crippen LogP contribution < -0.4 is 0 Å².